The predicted octanol–water partition coefficient (Wildman–Crippen LogP) is 7.09. The summed E-state index contributed by atoms with van der Waals surface area (Å²) in [4.78, 5) is 19.7. The van der Waals surface area contributed by atoms with Gasteiger partial charge in [0, 0.05) is 64.6 Å². The lowest BCUT2D eigenvalue weighted by Gasteiger charge is -2.33. The van der Waals surface area contributed by atoms with E-state index in [1.54, 1.807) is 9.58 Å². The number of carbonyl (C=O) groups is 1. The smallest absolute Gasteiger partial charge is 0.246 e. The van der Waals surface area contributed by atoms with Crippen molar-refractivity contribution in [2.75, 3.05) is 33.0 Å². The van der Waals surface area contributed by atoms with Crippen molar-refractivity contribution in [2.45, 2.75) is 19.5 Å². The standard InChI is InChI=1S/C37H32F2N6O4S/c1-4-32(46)44-8-9-45-29(21(44)2)18-28(42-45)36-34-33-26(39)16-23(38)17-31(33)49-13-12-47-10-5-6-11-48-30-19-27-22(20-43(3)41-27)15-25(30)35(40-36)24-7-14-50-37(24)34/h4-7,14-21H,1,8-13H2,2-3H3/b6-5+/t21-/m0/s1. The molecule has 1 amide bonds. The van der Waals surface area contributed by atoms with Crippen LogP contribution in [0.25, 0.3) is 54.8 Å². The van der Waals surface area contributed by atoms with Crippen LogP contribution in [0.3, 0.4) is 0 Å². The lowest BCUT2D eigenvalue weighted by atomic mass is 9.95. The Balaban J connectivity index is 1.44. The molecule has 0 aliphatic carbocycles. The van der Waals surface area contributed by atoms with Crippen LogP contribution in [0.5, 0.6) is 11.5 Å². The van der Waals surface area contributed by atoms with E-state index in [0.29, 0.717) is 58.4 Å². The fourth-order valence-electron chi connectivity index (χ4n) is 6.71. The highest BCUT2D eigenvalue weighted by molar-refractivity contribution is 7.18. The van der Waals surface area contributed by atoms with Crippen LogP contribution in [0.4, 0.5) is 8.78 Å². The number of rotatable bonds is 2. The van der Waals surface area contributed by atoms with E-state index in [1.165, 1.54) is 23.5 Å². The first kappa shape index (κ1) is 31.8. The van der Waals surface area contributed by atoms with Gasteiger partial charge in [-0.1, -0.05) is 12.7 Å². The van der Waals surface area contributed by atoms with Crippen LogP contribution in [-0.4, -0.2) is 68.3 Å². The van der Waals surface area contributed by atoms with Crippen LogP contribution in [0.1, 0.15) is 18.7 Å². The van der Waals surface area contributed by atoms with Crippen molar-refractivity contribution in [3.8, 4) is 45.3 Å². The van der Waals surface area contributed by atoms with Crippen molar-refractivity contribution in [3.63, 3.8) is 0 Å². The minimum Gasteiger partial charge on any atom is -0.490 e. The fourth-order valence-corrected chi connectivity index (χ4v) is 7.66. The number of ether oxygens (including phenoxy) is 3. The SMILES string of the molecule is C=CC(=O)N1CCn2nc(-c3nc4c5ccsc5c3-c3c(F)cc(F)cc3OCCOC/C=C/COc3cc5nn(C)cc5cc3-4)cc2[C@@H]1C. The van der Waals surface area contributed by atoms with Crippen LogP contribution in [-0.2, 0) is 23.1 Å². The minimum atomic E-state index is -0.798. The number of aryl methyl sites for hydroxylation is 1. The zero-order chi connectivity index (χ0) is 34.5. The van der Waals surface area contributed by atoms with E-state index >= 15 is 4.39 Å². The van der Waals surface area contributed by atoms with Crippen LogP contribution >= 0.6 is 11.3 Å². The maximum absolute atomic E-state index is 16.3. The van der Waals surface area contributed by atoms with Gasteiger partial charge in [0.2, 0.25) is 5.91 Å². The van der Waals surface area contributed by atoms with E-state index in [0.717, 1.165) is 28.0 Å². The molecule has 1 atom stereocenters. The van der Waals surface area contributed by atoms with Gasteiger partial charge in [-0.15, -0.1) is 11.3 Å². The van der Waals surface area contributed by atoms with Crippen LogP contribution in [0, 0.1) is 11.6 Å². The molecule has 8 rings (SSSR count). The molecule has 0 saturated heterocycles. The molecule has 2 aliphatic heterocycles. The number of nitrogens with zero attached hydrogens (tertiary/aromatic N) is 6. The maximum Gasteiger partial charge on any atom is 0.246 e. The maximum atomic E-state index is 16.3. The Morgan fingerprint density at radius 2 is 1.86 bits per heavy atom. The number of fused-ring (bicyclic) bond motifs is 6. The van der Waals surface area contributed by atoms with Crippen molar-refractivity contribution in [1.29, 1.82) is 0 Å². The number of aromatic nitrogens is 5. The van der Waals surface area contributed by atoms with Gasteiger partial charge in [-0.25, -0.2) is 13.8 Å². The molecule has 4 aromatic heterocycles. The zero-order valence-electron chi connectivity index (χ0n) is 27.4. The first-order chi connectivity index (χ1) is 24.3. The van der Waals surface area contributed by atoms with Gasteiger partial charge in [-0.2, -0.15) is 10.2 Å². The van der Waals surface area contributed by atoms with E-state index < -0.39 is 11.6 Å². The van der Waals surface area contributed by atoms with E-state index in [-0.39, 0.29) is 43.1 Å². The highest BCUT2D eigenvalue weighted by Crippen LogP contribution is 2.49. The molecule has 6 heterocycles. The topological polar surface area (TPSA) is 96.5 Å². The predicted molar refractivity (Wildman–Crippen MR) is 187 cm³/mol. The number of benzene rings is 2. The Morgan fingerprint density at radius 3 is 2.72 bits per heavy atom. The molecule has 6 aromatic rings. The molecule has 2 bridgehead atoms. The second-order valence-corrected chi connectivity index (χ2v) is 13.0. The molecule has 0 N–H and O–H groups in total. The molecule has 2 aromatic carbocycles. The molecule has 0 radical (unpaired) electrons. The molecular weight excluding hydrogens is 663 g/mol. The number of hydrogen-bond donors (Lipinski definition) is 0. The van der Waals surface area contributed by atoms with Gasteiger partial charge in [-0.05, 0) is 42.7 Å². The third-order valence-corrected chi connectivity index (χ3v) is 9.94. The van der Waals surface area contributed by atoms with Gasteiger partial charge < -0.3 is 19.1 Å². The van der Waals surface area contributed by atoms with Crippen molar-refractivity contribution in [3.05, 3.63) is 90.1 Å². The minimum absolute atomic E-state index is 0.0253. The third-order valence-electron chi connectivity index (χ3n) is 9.01. The average molecular weight is 695 g/mol. The molecule has 13 heteroatoms. The summed E-state index contributed by atoms with van der Waals surface area (Å²) in [7, 11) is 1.86. The second kappa shape index (κ2) is 12.8. The summed E-state index contributed by atoms with van der Waals surface area (Å²) in [6.07, 6.45) is 6.94. The van der Waals surface area contributed by atoms with Gasteiger partial charge in [0.25, 0.3) is 0 Å². The van der Waals surface area contributed by atoms with Crippen molar-refractivity contribution < 1.29 is 27.8 Å². The molecule has 0 spiro atoms. The lowest BCUT2D eigenvalue weighted by Crippen LogP contribution is -2.40. The Bertz CT molecular complexity index is 2340. The number of amides is 1. The van der Waals surface area contributed by atoms with E-state index in [4.69, 9.17) is 24.3 Å². The lowest BCUT2D eigenvalue weighted by molar-refractivity contribution is -0.129. The highest BCUT2D eigenvalue weighted by Gasteiger charge is 2.32. The third kappa shape index (κ3) is 5.52. The normalized spacial score (nSPS) is 17.0. The van der Waals surface area contributed by atoms with Crippen molar-refractivity contribution in [1.82, 2.24) is 29.4 Å². The molecule has 0 saturated carbocycles. The van der Waals surface area contributed by atoms with E-state index in [9.17, 15) is 9.18 Å². The Labute approximate surface area is 289 Å². The summed E-state index contributed by atoms with van der Waals surface area (Å²) < 4.78 is 53.5. The second-order valence-electron chi connectivity index (χ2n) is 12.1. The van der Waals surface area contributed by atoms with Gasteiger partial charge in [0.15, 0.2) is 0 Å². The number of halogens is 2. The zero-order valence-corrected chi connectivity index (χ0v) is 28.2. The average Bonchev–Trinajstić information content (AvgIpc) is 3.84. The summed E-state index contributed by atoms with van der Waals surface area (Å²) in [5, 5.41) is 13.1. The van der Waals surface area contributed by atoms with Crippen LogP contribution < -0.4 is 9.47 Å². The van der Waals surface area contributed by atoms with Crippen LogP contribution in [0.2, 0.25) is 0 Å². The monoisotopic (exact) mass is 694 g/mol. The van der Waals surface area contributed by atoms with Gasteiger partial charge in [0.05, 0.1) is 48.3 Å². The van der Waals surface area contributed by atoms with Crippen molar-refractivity contribution in [2.24, 2.45) is 7.05 Å². The summed E-state index contributed by atoms with van der Waals surface area (Å²) >= 11 is 1.41. The summed E-state index contributed by atoms with van der Waals surface area (Å²) in [5.74, 6) is -1.15. The molecular formula is C37H32F2N6O4S. The fraction of sp³-hybridized carbons (Fsp3) is 0.243. The number of carbonyl (C=O) groups excluding carboxylic acids is 1. The molecule has 254 valence electrons. The van der Waals surface area contributed by atoms with E-state index in [1.807, 2.05) is 66.6 Å². The summed E-state index contributed by atoms with van der Waals surface area (Å²) in [6, 6.07) is 9.44. The molecule has 0 fully saturated rings. The van der Waals surface area contributed by atoms with E-state index in [2.05, 4.69) is 11.7 Å². The number of pyridine rings is 1. The first-order valence-electron chi connectivity index (χ1n) is 16.2. The summed E-state index contributed by atoms with van der Waals surface area (Å²) in [6.45, 7) is 7.31. The van der Waals surface area contributed by atoms with Gasteiger partial charge >= 0.3 is 0 Å². The quantitative estimate of drug-likeness (QED) is 0.141. The van der Waals surface area contributed by atoms with Gasteiger partial charge in [0.1, 0.15) is 47.7 Å². The Kier molecular flexibility index (Phi) is 8.16. The Hall–Kier alpha value is -5.40. The molecule has 50 heavy (non-hydrogen) atoms. The van der Waals surface area contributed by atoms with Crippen molar-refractivity contribution >= 4 is 38.2 Å². The molecule has 2 aliphatic rings. The Morgan fingerprint density at radius 1 is 1.00 bits per heavy atom. The highest BCUT2D eigenvalue weighted by atomic mass is 32.1. The van der Waals surface area contributed by atoms with Gasteiger partial charge in [-0.3, -0.25) is 14.2 Å². The largest absolute Gasteiger partial charge is 0.490 e. The first-order valence-corrected chi connectivity index (χ1v) is 17.1. The summed E-state index contributed by atoms with van der Waals surface area (Å²) in [5.41, 5.74) is 4.20. The molecule has 0 unspecified atom stereocenters. The molecule has 10 nitrogen and oxygen atoms in total. The number of thiophene rings is 1. The van der Waals surface area contributed by atoms with Crippen LogP contribution in [0.15, 0.2) is 72.8 Å². The number of hydrogen-bond acceptors (Lipinski definition) is 8.